The highest BCUT2D eigenvalue weighted by Gasteiger charge is 2.12. The summed E-state index contributed by atoms with van der Waals surface area (Å²) in [6.07, 6.45) is 2.50. The summed E-state index contributed by atoms with van der Waals surface area (Å²) in [7, 11) is 3.15. The van der Waals surface area contributed by atoms with Crippen LogP contribution in [0.2, 0.25) is 5.02 Å². The molecule has 0 fully saturated rings. The molecule has 1 heterocycles. The minimum atomic E-state index is -0.302. The van der Waals surface area contributed by atoms with E-state index in [0.29, 0.717) is 45.8 Å². The van der Waals surface area contributed by atoms with Gasteiger partial charge in [-0.1, -0.05) is 18.5 Å². The molecule has 2 N–H and O–H groups in total. The summed E-state index contributed by atoms with van der Waals surface area (Å²) in [5.41, 5.74) is 1.20. The van der Waals surface area contributed by atoms with Crippen LogP contribution in [0.25, 0.3) is 10.9 Å². The predicted octanol–water partition coefficient (Wildman–Crippen LogP) is 5.23. The molecule has 0 saturated heterocycles. The van der Waals surface area contributed by atoms with Crippen molar-refractivity contribution in [3.63, 3.8) is 0 Å². The van der Waals surface area contributed by atoms with Crippen molar-refractivity contribution in [3.05, 3.63) is 47.6 Å². The number of nitrogens with one attached hydrogen (secondary N) is 2. The number of hydrogen-bond donors (Lipinski definition) is 2. The summed E-state index contributed by atoms with van der Waals surface area (Å²) in [6.45, 7) is 2.57. The number of carbonyl (C=O) groups excluding carboxylic acids is 1. The number of benzene rings is 2. The van der Waals surface area contributed by atoms with Crippen molar-refractivity contribution in [2.24, 2.45) is 0 Å². The molecule has 3 rings (SSSR count). The monoisotopic (exact) mass is 415 g/mol. The topological polar surface area (TPSA) is 81.7 Å². The normalized spacial score (nSPS) is 10.5. The first-order chi connectivity index (χ1) is 14.0. The van der Waals surface area contributed by atoms with Gasteiger partial charge in [-0.25, -0.2) is 4.79 Å². The number of ether oxygens (including phenoxy) is 3. The van der Waals surface area contributed by atoms with Crippen molar-refractivity contribution in [3.8, 4) is 23.0 Å². The van der Waals surface area contributed by atoms with Crippen LogP contribution in [0.5, 0.6) is 23.0 Å². The van der Waals surface area contributed by atoms with Crippen molar-refractivity contribution in [1.82, 2.24) is 10.3 Å². The number of anilines is 1. The number of aromatic nitrogens is 1. The Morgan fingerprint density at radius 2 is 1.83 bits per heavy atom. The summed E-state index contributed by atoms with van der Waals surface area (Å²) in [5.74, 6) is 2.28. The number of rotatable bonds is 7. The van der Waals surface area contributed by atoms with E-state index in [0.717, 1.165) is 11.8 Å². The molecular weight excluding hydrogens is 394 g/mol. The van der Waals surface area contributed by atoms with Crippen LogP contribution in [0.1, 0.15) is 13.3 Å². The van der Waals surface area contributed by atoms with Crippen LogP contribution < -0.4 is 24.8 Å². The zero-order valence-electron chi connectivity index (χ0n) is 16.4. The van der Waals surface area contributed by atoms with Crippen LogP contribution >= 0.6 is 11.6 Å². The molecule has 2 amide bonds. The SMILES string of the molecule is CCCNC(=O)Nc1ccc(Oc2ccnc3cc(OC)c(OC)cc23)cc1Cl. The smallest absolute Gasteiger partial charge is 0.319 e. The van der Waals surface area contributed by atoms with Gasteiger partial charge in [-0.05, 0) is 30.7 Å². The van der Waals surface area contributed by atoms with E-state index in [1.165, 1.54) is 0 Å². The second-order valence-electron chi connectivity index (χ2n) is 6.16. The minimum Gasteiger partial charge on any atom is -0.493 e. The molecule has 152 valence electrons. The summed E-state index contributed by atoms with van der Waals surface area (Å²) >= 11 is 6.31. The molecule has 2 aromatic carbocycles. The molecule has 7 nitrogen and oxygen atoms in total. The summed E-state index contributed by atoms with van der Waals surface area (Å²) in [6, 6.07) is 10.1. The van der Waals surface area contributed by atoms with Crippen LogP contribution in [0.15, 0.2) is 42.6 Å². The van der Waals surface area contributed by atoms with Crippen LogP contribution in [0.3, 0.4) is 0 Å². The standard InChI is InChI=1S/C21H22ClN3O4/c1-4-8-24-21(26)25-16-6-5-13(10-15(16)22)29-18-7-9-23-17-12-20(28-3)19(27-2)11-14(17)18/h5-7,9-12H,4,8H2,1-3H3,(H2,24,25,26). The molecule has 3 aromatic rings. The molecule has 29 heavy (non-hydrogen) atoms. The van der Waals surface area contributed by atoms with E-state index in [4.69, 9.17) is 25.8 Å². The van der Waals surface area contributed by atoms with Gasteiger partial charge in [-0.3, -0.25) is 4.98 Å². The van der Waals surface area contributed by atoms with Crippen LogP contribution in [-0.2, 0) is 0 Å². The van der Waals surface area contributed by atoms with E-state index in [-0.39, 0.29) is 6.03 Å². The van der Waals surface area contributed by atoms with E-state index >= 15 is 0 Å². The number of urea groups is 1. The van der Waals surface area contributed by atoms with Gasteiger partial charge in [0.15, 0.2) is 11.5 Å². The number of nitrogens with zero attached hydrogens (tertiary/aromatic N) is 1. The zero-order valence-corrected chi connectivity index (χ0v) is 17.2. The third-order valence-electron chi connectivity index (χ3n) is 4.16. The Morgan fingerprint density at radius 3 is 2.52 bits per heavy atom. The molecule has 0 atom stereocenters. The van der Waals surface area contributed by atoms with Crippen LogP contribution in [0, 0.1) is 0 Å². The van der Waals surface area contributed by atoms with Gasteiger partial charge in [0.05, 0.1) is 30.4 Å². The Morgan fingerprint density at radius 1 is 1.07 bits per heavy atom. The lowest BCUT2D eigenvalue weighted by molar-refractivity contribution is 0.252. The number of amides is 2. The maximum atomic E-state index is 11.8. The molecule has 0 unspecified atom stereocenters. The van der Waals surface area contributed by atoms with Crippen LogP contribution in [-0.4, -0.2) is 31.8 Å². The maximum absolute atomic E-state index is 11.8. The summed E-state index contributed by atoms with van der Waals surface area (Å²) in [5, 5.41) is 6.58. The molecule has 0 aliphatic carbocycles. The van der Waals surface area contributed by atoms with Crippen molar-refractivity contribution in [2.45, 2.75) is 13.3 Å². The summed E-state index contributed by atoms with van der Waals surface area (Å²) in [4.78, 5) is 16.2. The fourth-order valence-electron chi connectivity index (χ4n) is 2.73. The second-order valence-corrected chi connectivity index (χ2v) is 6.57. The molecule has 0 aliphatic rings. The number of halogens is 1. The number of fused-ring (bicyclic) bond motifs is 1. The Kier molecular flexibility index (Phi) is 6.61. The Balaban J connectivity index is 1.85. The molecule has 0 aliphatic heterocycles. The number of hydrogen-bond acceptors (Lipinski definition) is 5. The molecule has 1 aromatic heterocycles. The fraction of sp³-hybridized carbons (Fsp3) is 0.238. The van der Waals surface area contributed by atoms with E-state index in [9.17, 15) is 4.79 Å². The largest absolute Gasteiger partial charge is 0.493 e. The van der Waals surface area contributed by atoms with E-state index in [2.05, 4.69) is 15.6 Å². The van der Waals surface area contributed by atoms with Gasteiger partial charge in [-0.15, -0.1) is 0 Å². The minimum absolute atomic E-state index is 0.302. The molecule has 0 radical (unpaired) electrons. The van der Waals surface area contributed by atoms with Gasteiger partial charge in [0.1, 0.15) is 11.5 Å². The average Bonchev–Trinajstić information content (AvgIpc) is 2.73. The highest BCUT2D eigenvalue weighted by atomic mass is 35.5. The fourth-order valence-corrected chi connectivity index (χ4v) is 2.95. The molecule has 0 spiro atoms. The van der Waals surface area contributed by atoms with Crippen LogP contribution in [0.4, 0.5) is 10.5 Å². The number of pyridine rings is 1. The highest BCUT2D eigenvalue weighted by Crippen LogP contribution is 2.37. The summed E-state index contributed by atoms with van der Waals surface area (Å²) < 4.78 is 16.7. The Hall–Kier alpha value is -3.19. The van der Waals surface area contributed by atoms with Gasteiger partial charge < -0.3 is 24.8 Å². The highest BCUT2D eigenvalue weighted by molar-refractivity contribution is 6.33. The first-order valence-corrected chi connectivity index (χ1v) is 9.46. The number of methoxy groups -OCH3 is 2. The van der Waals surface area contributed by atoms with Gasteiger partial charge in [0, 0.05) is 30.3 Å². The molecule has 8 heteroatoms. The lowest BCUT2D eigenvalue weighted by Crippen LogP contribution is -2.29. The van der Waals surface area contributed by atoms with Gasteiger partial charge in [-0.2, -0.15) is 0 Å². The third kappa shape index (κ3) is 4.81. The van der Waals surface area contributed by atoms with Crippen molar-refractivity contribution in [2.75, 3.05) is 26.1 Å². The zero-order chi connectivity index (χ0) is 20.8. The van der Waals surface area contributed by atoms with E-state index < -0.39 is 0 Å². The second kappa shape index (κ2) is 9.34. The molecular formula is C21H22ClN3O4. The molecule has 0 bridgehead atoms. The van der Waals surface area contributed by atoms with E-state index in [1.807, 2.05) is 13.0 Å². The first kappa shape index (κ1) is 20.5. The first-order valence-electron chi connectivity index (χ1n) is 9.08. The quantitative estimate of drug-likeness (QED) is 0.552. The number of carbonyl (C=O) groups is 1. The van der Waals surface area contributed by atoms with Gasteiger partial charge in [0.2, 0.25) is 0 Å². The van der Waals surface area contributed by atoms with E-state index in [1.54, 1.807) is 50.7 Å². The average molecular weight is 416 g/mol. The Labute approximate surface area is 173 Å². The predicted molar refractivity (Wildman–Crippen MR) is 114 cm³/mol. The lowest BCUT2D eigenvalue weighted by atomic mass is 10.2. The molecule has 0 saturated carbocycles. The van der Waals surface area contributed by atoms with Crippen molar-refractivity contribution < 1.29 is 19.0 Å². The van der Waals surface area contributed by atoms with Gasteiger partial charge in [0.25, 0.3) is 0 Å². The Bertz CT molecular complexity index is 1030. The van der Waals surface area contributed by atoms with Gasteiger partial charge >= 0.3 is 6.03 Å². The third-order valence-corrected chi connectivity index (χ3v) is 4.47. The van der Waals surface area contributed by atoms with Crippen molar-refractivity contribution in [1.29, 1.82) is 0 Å². The lowest BCUT2D eigenvalue weighted by Gasteiger charge is -2.13. The maximum Gasteiger partial charge on any atom is 0.319 e. The van der Waals surface area contributed by atoms with Crippen molar-refractivity contribution >= 4 is 34.2 Å².